The van der Waals surface area contributed by atoms with Gasteiger partial charge in [-0.05, 0) is 29.2 Å². The van der Waals surface area contributed by atoms with Gasteiger partial charge in [-0.1, -0.05) is 36.4 Å². The van der Waals surface area contributed by atoms with Gasteiger partial charge >= 0.3 is 5.97 Å². The van der Waals surface area contributed by atoms with Crippen molar-refractivity contribution < 1.29 is 14.7 Å². The molecule has 0 fully saturated rings. The fraction of sp³-hybridized carbons (Fsp3) is 0.250. The molecule has 3 nitrogen and oxygen atoms in total. The Morgan fingerprint density at radius 1 is 1.21 bits per heavy atom. The molecule has 0 aromatic heterocycles. The van der Waals surface area contributed by atoms with Gasteiger partial charge in [0.25, 0.3) is 0 Å². The van der Waals surface area contributed by atoms with Crippen molar-refractivity contribution in [3.8, 4) is 0 Å². The number of carbonyl (C=O) groups excluding carboxylic acids is 1. The number of carboxylic acid groups (broad SMARTS) is 1. The minimum atomic E-state index is -0.901. The predicted octanol–water partition coefficient (Wildman–Crippen LogP) is 3.06. The molecule has 0 heterocycles. The molecule has 0 radical (unpaired) electrons. The summed E-state index contributed by atoms with van der Waals surface area (Å²) in [6, 6.07) is 11.8. The Bertz CT molecular complexity index is 673. The van der Waals surface area contributed by atoms with Gasteiger partial charge in [-0.25, -0.2) is 0 Å². The lowest BCUT2D eigenvalue weighted by Gasteiger charge is -2.23. The maximum atomic E-state index is 12.5. The van der Waals surface area contributed by atoms with Gasteiger partial charge in [0.2, 0.25) is 0 Å². The molecule has 0 spiro atoms. The van der Waals surface area contributed by atoms with Gasteiger partial charge in [0.05, 0.1) is 6.42 Å². The van der Waals surface area contributed by atoms with E-state index in [0.717, 1.165) is 28.3 Å². The third kappa shape index (κ3) is 2.01. The van der Waals surface area contributed by atoms with E-state index in [1.165, 1.54) is 0 Å². The number of rotatable bonds is 2. The van der Waals surface area contributed by atoms with Gasteiger partial charge in [-0.15, -0.1) is 0 Å². The molecule has 1 atom stereocenters. The molecule has 2 aromatic rings. The monoisotopic (exact) mass is 254 g/mol. The second-order valence-corrected chi connectivity index (χ2v) is 5.02. The number of ketones is 1. The summed E-state index contributed by atoms with van der Waals surface area (Å²) in [6.07, 6.45) is 1.35. The van der Waals surface area contributed by atoms with Gasteiger partial charge in [0.15, 0.2) is 5.78 Å². The number of benzene rings is 2. The summed E-state index contributed by atoms with van der Waals surface area (Å²) in [5.74, 6) is -1.29. The lowest BCUT2D eigenvalue weighted by Crippen LogP contribution is -2.25. The SMILES string of the molecule is O=C(O)C[C@H]1CCc2ccc3ccccc3c2C1=O. The quantitative estimate of drug-likeness (QED) is 0.896. The van der Waals surface area contributed by atoms with Crippen LogP contribution >= 0.6 is 0 Å². The Morgan fingerprint density at radius 2 is 2.00 bits per heavy atom. The van der Waals surface area contributed by atoms with Crippen LogP contribution in [-0.2, 0) is 11.2 Å². The molecule has 96 valence electrons. The first kappa shape index (κ1) is 11.9. The lowest BCUT2D eigenvalue weighted by molar-refractivity contribution is -0.137. The molecular formula is C16H14O3. The molecule has 3 rings (SSSR count). The molecule has 1 aliphatic rings. The molecule has 2 aromatic carbocycles. The normalized spacial score (nSPS) is 18.3. The van der Waals surface area contributed by atoms with Gasteiger partial charge in [0.1, 0.15) is 0 Å². The number of Topliss-reactive ketones (excluding diaryl/α,β-unsaturated/α-hetero) is 1. The summed E-state index contributed by atoms with van der Waals surface area (Å²) in [5.41, 5.74) is 1.78. The van der Waals surface area contributed by atoms with Crippen molar-refractivity contribution >= 4 is 22.5 Å². The summed E-state index contributed by atoms with van der Waals surface area (Å²) in [4.78, 5) is 23.3. The zero-order valence-corrected chi connectivity index (χ0v) is 10.4. The van der Waals surface area contributed by atoms with E-state index in [-0.39, 0.29) is 18.1 Å². The molecule has 19 heavy (non-hydrogen) atoms. The maximum absolute atomic E-state index is 12.5. The average Bonchev–Trinajstić information content (AvgIpc) is 2.41. The van der Waals surface area contributed by atoms with Crippen LogP contribution in [0.15, 0.2) is 36.4 Å². The molecular weight excluding hydrogens is 240 g/mol. The van der Waals surface area contributed by atoms with E-state index in [2.05, 4.69) is 0 Å². The summed E-state index contributed by atoms with van der Waals surface area (Å²) in [6.45, 7) is 0. The Balaban J connectivity index is 2.13. The van der Waals surface area contributed by atoms with Crippen LogP contribution in [0.4, 0.5) is 0 Å². The van der Waals surface area contributed by atoms with Crippen LogP contribution in [0.25, 0.3) is 10.8 Å². The van der Waals surface area contributed by atoms with Crippen LogP contribution in [0.3, 0.4) is 0 Å². The van der Waals surface area contributed by atoms with E-state index < -0.39 is 5.97 Å². The van der Waals surface area contributed by atoms with Crippen molar-refractivity contribution in [3.05, 3.63) is 47.5 Å². The van der Waals surface area contributed by atoms with Crippen molar-refractivity contribution in [3.63, 3.8) is 0 Å². The van der Waals surface area contributed by atoms with Gasteiger partial charge in [0, 0.05) is 11.5 Å². The van der Waals surface area contributed by atoms with Gasteiger partial charge in [-0.3, -0.25) is 9.59 Å². The predicted molar refractivity (Wildman–Crippen MR) is 72.3 cm³/mol. The molecule has 0 bridgehead atoms. The van der Waals surface area contributed by atoms with E-state index >= 15 is 0 Å². The second-order valence-electron chi connectivity index (χ2n) is 5.02. The summed E-state index contributed by atoms with van der Waals surface area (Å²) in [7, 11) is 0. The molecule has 0 amide bonds. The topological polar surface area (TPSA) is 54.4 Å². The van der Waals surface area contributed by atoms with Crippen molar-refractivity contribution in [2.75, 3.05) is 0 Å². The summed E-state index contributed by atoms with van der Waals surface area (Å²) < 4.78 is 0. The molecule has 0 saturated heterocycles. The molecule has 1 N–H and O–H groups in total. The minimum absolute atomic E-state index is 0.0135. The number of carbonyl (C=O) groups is 2. The maximum Gasteiger partial charge on any atom is 0.304 e. The number of fused-ring (bicyclic) bond motifs is 3. The molecule has 3 heteroatoms. The first-order valence-corrected chi connectivity index (χ1v) is 6.43. The first-order chi connectivity index (χ1) is 9.16. The Labute approximate surface area is 110 Å². The number of hydrogen-bond acceptors (Lipinski definition) is 2. The third-order valence-corrected chi connectivity index (χ3v) is 3.82. The number of aliphatic carboxylic acids is 1. The Hall–Kier alpha value is -2.16. The molecule has 0 unspecified atom stereocenters. The minimum Gasteiger partial charge on any atom is -0.481 e. The van der Waals surface area contributed by atoms with Gasteiger partial charge < -0.3 is 5.11 Å². The first-order valence-electron chi connectivity index (χ1n) is 6.43. The highest BCUT2D eigenvalue weighted by Crippen LogP contribution is 2.32. The lowest BCUT2D eigenvalue weighted by atomic mass is 9.79. The van der Waals surface area contributed by atoms with Crippen LogP contribution in [0.1, 0.15) is 28.8 Å². The van der Waals surface area contributed by atoms with Crippen LogP contribution < -0.4 is 0 Å². The highest BCUT2D eigenvalue weighted by molar-refractivity contribution is 6.11. The fourth-order valence-electron chi connectivity index (χ4n) is 2.89. The number of aryl methyl sites for hydroxylation is 1. The smallest absolute Gasteiger partial charge is 0.304 e. The van der Waals surface area contributed by atoms with Crippen LogP contribution in [0.2, 0.25) is 0 Å². The summed E-state index contributed by atoms with van der Waals surface area (Å²) in [5, 5.41) is 10.9. The molecule has 1 aliphatic carbocycles. The van der Waals surface area contributed by atoms with E-state index in [1.54, 1.807) is 0 Å². The van der Waals surface area contributed by atoms with Crippen molar-refractivity contribution in [2.45, 2.75) is 19.3 Å². The van der Waals surface area contributed by atoms with Gasteiger partial charge in [-0.2, -0.15) is 0 Å². The Kier molecular flexibility index (Phi) is 2.82. The standard InChI is InChI=1S/C16H14O3/c17-14(18)9-12-8-7-11-6-5-10-3-1-2-4-13(10)15(11)16(12)19/h1-6,12H,7-9H2,(H,17,18)/t12-/m1/s1. The van der Waals surface area contributed by atoms with Crippen molar-refractivity contribution in [2.24, 2.45) is 5.92 Å². The zero-order valence-electron chi connectivity index (χ0n) is 10.4. The fourth-order valence-corrected chi connectivity index (χ4v) is 2.89. The van der Waals surface area contributed by atoms with Crippen LogP contribution in [0, 0.1) is 5.92 Å². The number of hydrogen-bond donors (Lipinski definition) is 1. The van der Waals surface area contributed by atoms with Crippen molar-refractivity contribution in [1.82, 2.24) is 0 Å². The largest absolute Gasteiger partial charge is 0.481 e. The third-order valence-electron chi connectivity index (χ3n) is 3.82. The number of carboxylic acids is 1. The average molecular weight is 254 g/mol. The Morgan fingerprint density at radius 3 is 2.79 bits per heavy atom. The van der Waals surface area contributed by atoms with E-state index in [9.17, 15) is 9.59 Å². The highest BCUT2D eigenvalue weighted by atomic mass is 16.4. The summed E-state index contributed by atoms with van der Waals surface area (Å²) >= 11 is 0. The molecule has 0 aliphatic heterocycles. The highest BCUT2D eigenvalue weighted by Gasteiger charge is 2.30. The van der Waals surface area contributed by atoms with E-state index in [1.807, 2.05) is 36.4 Å². The zero-order chi connectivity index (χ0) is 13.4. The molecule has 0 saturated carbocycles. The van der Waals surface area contributed by atoms with Crippen LogP contribution in [-0.4, -0.2) is 16.9 Å². The van der Waals surface area contributed by atoms with Crippen molar-refractivity contribution in [1.29, 1.82) is 0 Å². The van der Waals surface area contributed by atoms with E-state index in [4.69, 9.17) is 5.11 Å². The second kappa shape index (κ2) is 4.50. The van der Waals surface area contributed by atoms with Crippen LogP contribution in [0.5, 0.6) is 0 Å². The van der Waals surface area contributed by atoms with E-state index in [0.29, 0.717) is 6.42 Å².